The molecule has 0 aliphatic heterocycles. The average Bonchev–Trinajstić information content (AvgIpc) is 2.72. The topological polar surface area (TPSA) is 52.6 Å². The zero-order valence-electron chi connectivity index (χ0n) is 18.9. The van der Waals surface area contributed by atoms with Gasteiger partial charge in [0.25, 0.3) is 0 Å². The summed E-state index contributed by atoms with van der Waals surface area (Å²) in [5.41, 5.74) is 0. The van der Waals surface area contributed by atoms with Gasteiger partial charge in [0, 0.05) is 0 Å². The van der Waals surface area contributed by atoms with Crippen LogP contribution >= 0.6 is 0 Å². The van der Waals surface area contributed by atoms with Gasteiger partial charge in [0.2, 0.25) is 0 Å². The summed E-state index contributed by atoms with van der Waals surface area (Å²) < 4.78 is 9.36. The first kappa shape index (κ1) is 26.9. The first-order valence-electron chi connectivity index (χ1n) is 11.8. The van der Waals surface area contributed by atoms with Crippen molar-refractivity contribution >= 4 is 11.9 Å². The van der Waals surface area contributed by atoms with E-state index in [1.54, 1.807) is 0 Å². The standard InChI is InChI=1S/C24H46O4/c1-4-5-6-7-8-9-10-11-12-13-14-15-16-17-18-19-20-21-22(23(25)27-2)24(26)28-3/h22H,4-21H2,1-3H3. The number of hydrogen-bond acceptors (Lipinski definition) is 4. The van der Waals surface area contributed by atoms with E-state index < -0.39 is 17.9 Å². The molecule has 0 saturated carbocycles. The summed E-state index contributed by atoms with van der Waals surface area (Å²) in [6, 6.07) is 0. The summed E-state index contributed by atoms with van der Waals surface area (Å²) in [5.74, 6) is -1.72. The lowest BCUT2D eigenvalue weighted by molar-refractivity contribution is -0.159. The number of methoxy groups -OCH3 is 2. The molecule has 0 aromatic rings. The van der Waals surface area contributed by atoms with E-state index in [1.165, 1.54) is 111 Å². The number of hydrogen-bond donors (Lipinski definition) is 0. The van der Waals surface area contributed by atoms with Crippen LogP contribution in [0.25, 0.3) is 0 Å². The van der Waals surface area contributed by atoms with E-state index in [1.807, 2.05) is 0 Å². The number of carbonyl (C=O) groups excluding carboxylic acids is 2. The van der Waals surface area contributed by atoms with Crippen molar-refractivity contribution in [2.45, 2.75) is 122 Å². The molecule has 0 atom stereocenters. The smallest absolute Gasteiger partial charge is 0.320 e. The fourth-order valence-electron chi connectivity index (χ4n) is 3.69. The normalized spacial score (nSPS) is 11.0. The second kappa shape index (κ2) is 20.7. The minimum atomic E-state index is -0.758. The quantitative estimate of drug-likeness (QED) is 0.126. The Morgan fingerprint density at radius 2 is 0.821 bits per heavy atom. The Hall–Kier alpha value is -1.06. The minimum absolute atomic E-state index is 0.483. The summed E-state index contributed by atoms with van der Waals surface area (Å²) in [6.07, 6.45) is 23.0. The fourth-order valence-corrected chi connectivity index (χ4v) is 3.69. The zero-order chi connectivity index (χ0) is 20.9. The van der Waals surface area contributed by atoms with Gasteiger partial charge in [-0.25, -0.2) is 0 Å². The van der Waals surface area contributed by atoms with Crippen LogP contribution in [0, 0.1) is 5.92 Å². The number of unbranched alkanes of at least 4 members (excludes halogenated alkanes) is 16. The molecule has 4 nitrogen and oxygen atoms in total. The van der Waals surface area contributed by atoms with Gasteiger partial charge in [-0.3, -0.25) is 9.59 Å². The Bertz CT molecular complexity index is 352. The summed E-state index contributed by atoms with van der Waals surface area (Å²) in [5, 5.41) is 0. The molecule has 0 aromatic carbocycles. The van der Waals surface area contributed by atoms with Crippen LogP contribution in [-0.2, 0) is 19.1 Å². The third kappa shape index (κ3) is 15.9. The van der Waals surface area contributed by atoms with E-state index in [-0.39, 0.29) is 0 Å². The highest BCUT2D eigenvalue weighted by Gasteiger charge is 2.27. The second-order valence-corrected chi connectivity index (χ2v) is 8.04. The van der Waals surface area contributed by atoms with Crippen LogP contribution in [0.15, 0.2) is 0 Å². The maximum absolute atomic E-state index is 11.6. The van der Waals surface area contributed by atoms with Crippen molar-refractivity contribution in [3.8, 4) is 0 Å². The largest absolute Gasteiger partial charge is 0.468 e. The highest BCUT2D eigenvalue weighted by Crippen LogP contribution is 2.17. The van der Waals surface area contributed by atoms with Gasteiger partial charge in [-0.15, -0.1) is 0 Å². The maximum atomic E-state index is 11.6. The predicted octanol–water partition coefficient (Wildman–Crippen LogP) is 6.99. The van der Waals surface area contributed by atoms with Crippen molar-refractivity contribution < 1.29 is 19.1 Å². The highest BCUT2D eigenvalue weighted by atomic mass is 16.5. The van der Waals surface area contributed by atoms with Crippen LogP contribution in [0.4, 0.5) is 0 Å². The Morgan fingerprint density at radius 3 is 1.11 bits per heavy atom. The van der Waals surface area contributed by atoms with Crippen molar-refractivity contribution in [2.75, 3.05) is 14.2 Å². The Kier molecular flexibility index (Phi) is 19.9. The van der Waals surface area contributed by atoms with E-state index in [4.69, 9.17) is 0 Å². The molecule has 166 valence electrons. The third-order valence-electron chi connectivity index (χ3n) is 5.57. The molecule has 0 unspecified atom stereocenters. The zero-order valence-corrected chi connectivity index (χ0v) is 18.9. The van der Waals surface area contributed by atoms with Gasteiger partial charge >= 0.3 is 11.9 Å². The Balaban J connectivity index is 3.35. The molecule has 0 bridgehead atoms. The minimum Gasteiger partial charge on any atom is -0.468 e. The molecule has 0 aliphatic rings. The number of carbonyl (C=O) groups is 2. The van der Waals surface area contributed by atoms with Crippen LogP contribution in [0.3, 0.4) is 0 Å². The monoisotopic (exact) mass is 398 g/mol. The van der Waals surface area contributed by atoms with Gasteiger partial charge in [0.1, 0.15) is 0 Å². The molecular formula is C24H46O4. The lowest BCUT2D eigenvalue weighted by Gasteiger charge is -2.11. The number of esters is 2. The van der Waals surface area contributed by atoms with Gasteiger partial charge in [0.15, 0.2) is 5.92 Å². The molecule has 0 amide bonds. The summed E-state index contributed by atoms with van der Waals surface area (Å²) in [7, 11) is 2.62. The van der Waals surface area contributed by atoms with E-state index in [0.717, 1.165) is 12.8 Å². The second-order valence-electron chi connectivity index (χ2n) is 8.04. The van der Waals surface area contributed by atoms with Crippen LogP contribution in [-0.4, -0.2) is 26.2 Å². The van der Waals surface area contributed by atoms with Crippen molar-refractivity contribution in [2.24, 2.45) is 5.92 Å². The molecule has 0 aromatic heterocycles. The third-order valence-corrected chi connectivity index (χ3v) is 5.57. The molecule has 0 radical (unpaired) electrons. The van der Waals surface area contributed by atoms with Crippen LogP contribution in [0.1, 0.15) is 122 Å². The molecule has 0 heterocycles. The van der Waals surface area contributed by atoms with E-state index >= 15 is 0 Å². The summed E-state index contributed by atoms with van der Waals surface area (Å²) in [4.78, 5) is 23.2. The van der Waals surface area contributed by atoms with E-state index in [2.05, 4.69) is 16.4 Å². The number of ether oxygens (including phenoxy) is 2. The highest BCUT2D eigenvalue weighted by molar-refractivity contribution is 5.94. The molecule has 0 N–H and O–H groups in total. The van der Waals surface area contributed by atoms with Gasteiger partial charge in [0.05, 0.1) is 14.2 Å². The number of rotatable bonds is 20. The lowest BCUT2D eigenvalue weighted by Crippen LogP contribution is -2.26. The van der Waals surface area contributed by atoms with Crippen LogP contribution in [0.2, 0.25) is 0 Å². The van der Waals surface area contributed by atoms with Crippen molar-refractivity contribution in [3.63, 3.8) is 0 Å². The fraction of sp³-hybridized carbons (Fsp3) is 0.917. The van der Waals surface area contributed by atoms with Crippen LogP contribution in [0.5, 0.6) is 0 Å². The maximum Gasteiger partial charge on any atom is 0.320 e. The van der Waals surface area contributed by atoms with Gasteiger partial charge < -0.3 is 9.47 Å². The molecule has 0 spiro atoms. The SMILES string of the molecule is CCCCCCCCCCCCCCCCCCCC(C(=O)OC)C(=O)OC. The molecule has 0 aliphatic carbocycles. The van der Waals surface area contributed by atoms with E-state index in [0.29, 0.717) is 6.42 Å². The molecule has 0 fully saturated rings. The summed E-state index contributed by atoms with van der Waals surface area (Å²) >= 11 is 0. The molecule has 0 rings (SSSR count). The van der Waals surface area contributed by atoms with Crippen LogP contribution < -0.4 is 0 Å². The Morgan fingerprint density at radius 1 is 0.536 bits per heavy atom. The van der Waals surface area contributed by atoms with Crippen molar-refractivity contribution in [1.82, 2.24) is 0 Å². The van der Waals surface area contributed by atoms with Gasteiger partial charge in [-0.05, 0) is 6.42 Å². The van der Waals surface area contributed by atoms with Crippen molar-refractivity contribution in [3.05, 3.63) is 0 Å². The lowest BCUT2D eigenvalue weighted by atomic mass is 9.99. The van der Waals surface area contributed by atoms with Gasteiger partial charge in [-0.1, -0.05) is 116 Å². The summed E-state index contributed by atoms with van der Waals surface area (Å²) in [6.45, 7) is 2.27. The van der Waals surface area contributed by atoms with Crippen molar-refractivity contribution in [1.29, 1.82) is 0 Å². The van der Waals surface area contributed by atoms with Gasteiger partial charge in [-0.2, -0.15) is 0 Å². The van der Waals surface area contributed by atoms with E-state index in [9.17, 15) is 9.59 Å². The molecular weight excluding hydrogens is 352 g/mol. The first-order valence-corrected chi connectivity index (χ1v) is 11.8. The molecule has 28 heavy (non-hydrogen) atoms. The molecule has 0 saturated heterocycles. The molecule has 4 heteroatoms. The average molecular weight is 399 g/mol. The predicted molar refractivity (Wildman–Crippen MR) is 116 cm³/mol. The first-order chi connectivity index (χ1) is 13.7. The Labute approximate surface area is 174 Å².